The maximum atomic E-state index is 12.8. The number of hydrogen-bond acceptors (Lipinski definition) is 4. The van der Waals surface area contributed by atoms with Crippen molar-refractivity contribution < 1.29 is 19.4 Å². The van der Waals surface area contributed by atoms with Gasteiger partial charge in [0.1, 0.15) is 11.6 Å². The number of aliphatic carboxylic acids is 1. The lowest BCUT2D eigenvalue weighted by molar-refractivity contribution is -0.139. The van der Waals surface area contributed by atoms with Crippen LogP contribution in [0.5, 0.6) is 5.75 Å². The Kier molecular flexibility index (Phi) is 5.98. The van der Waals surface area contributed by atoms with Crippen molar-refractivity contribution in [2.75, 3.05) is 6.61 Å². The second-order valence-electron chi connectivity index (χ2n) is 6.33. The van der Waals surface area contributed by atoms with Gasteiger partial charge in [0.25, 0.3) is 5.91 Å². The van der Waals surface area contributed by atoms with E-state index in [1.54, 1.807) is 24.3 Å². The molecule has 0 atom stereocenters. The number of benzene rings is 2. The minimum Gasteiger partial charge on any atom is -0.481 e. The maximum absolute atomic E-state index is 12.8. The Bertz CT molecular complexity index is 956. The average Bonchev–Trinajstić information content (AvgIpc) is 3.42. The van der Waals surface area contributed by atoms with Crippen molar-refractivity contribution in [3.05, 3.63) is 62.0 Å². The van der Waals surface area contributed by atoms with E-state index in [1.807, 2.05) is 0 Å². The van der Waals surface area contributed by atoms with E-state index in [2.05, 4.69) is 21.2 Å². The van der Waals surface area contributed by atoms with E-state index in [1.165, 1.54) is 12.1 Å². The number of hydrogen-bond donors (Lipinski definition) is 3. The zero-order valence-electron chi connectivity index (χ0n) is 14.4. The fourth-order valence-electron chi connectivity index (χ4n) is 2.95. The van der Waals surface area contributed by atoms with Gasteiger partial charge in [-0.25, -0.2) is 4.79 Å². The number of carboxylic acids is 1. The standard InChI is InChI=1S/C19H15BrCl2N2O4/c20-10-4-5-14(28-9-15(25)26)11(8-10)17(27)24-18(23)19(6-7-19)16-12(21)2-1-3-13(16)22/h1-5,8H,6-7,9H2,(H,25,26)(H2,23,24,27). The molecule has 0 saturated heterocycles. The third kappa shape index (κ3) is 4.16. The van der Waals surface area contributed by atoms with Gasteiger partial charge in [-0.3, -0.25) is 10.2 Å². The van der Waals surface area contributed by atoms with Crippen LogP contribution in [0.25, 0.3) is 0 Å². The first-order valence-electron chi connectivity index (χ1n) is 8.23. The predicted molar refractivity (Wildman–Crippen MR) is 110 cm³/mol. The van der Waals surface area contributed by atoms with E-state index in [0.29, 0.717) is 32.9 Å². The molecule has 0 unspecified atom stereocenters. The predicted octanol–water partition coefficient (Wildman–Crippen LogP) is 4.66. The van der Waals surface area contributed by atoms with Crippen LogP contribution in [-0.4, -0.2) is 29.4 Å². The van der Waals surface area contributed by atoms with Crippen LogP contribution in [0.4, 0.5) is 0 Å². The van der Waals surface area contributed by atoms with Crippen LogP contribution in [0.2, 0.25) is 10.0 Å². The summed E-state index contributed by atoms with van der Waals surface area (Å²) in [7, 11) is 0. The van der Waals surface area contributed by atoms with Gasteiger partial charge in [-0.15, -0.1) is 0 Å². The summed E-state index contributed by atoms with van der Waals surface area (Å²) in [5.41, 5.74) is 0.000725. The lowest BCUT2D eigenvalue weighted by atomic mass is 9.94. The van der Waals surface area contributed by atoms with Crippen LogP contribution in [0.3, 0.4) is 0 Å². The van der Waals surface area contributed by atoms with Crippen molar-refractivity contribution in [3.8, 4) is 5.75 Å². The number of ether oxygens (including phenoxy) is 1. The van der Waals surface area contributed by atoms with Crippen LogP contribution >= 0.6 is 39.1 Å². The van der Waals surface area contributed by atoms with E-state index in [-0.39, 0.29) is 17.1 Å². The van der Waals surface area contributed by atoms with Crippen LogP contribution in [0, 0.1) is 5.41 Å². The topological polar surface area (TPSA) is 99.5 Å². The van der Waals surface area contributed by atoms with Gasteiger partial charge < -0.3 is 15.2 Å². The summed E-state index contributed by atoms with van der Waals surface area (Å²) in [5.74, 6) is -1.65. The summed E-state index contributed by atoms with van der Waals surface area (Å²) in [6, 6.07) is 9.74. The highest BCUT2D eigenvalue weighted by molar-refractivity contribution is 9.10. The molecule has 146 valence electrons. The zero-order chi connectivity index (χ0) is 20.5. The summed E-state index contributed by atoms with van der Waals surface area (Å²) >= 11 is 15.9. The minimum absolute atomic E-state index is 0.0170. The van der Waals surface area contributed by atoms with Crippen LogP contribution in [0.15, 0.2) is 40.9 Å². The van der Waals surface area contributed by atoms with E-state index < -0.39 is 23.9 Å². The number of amidine groups is 1. The number of halogens is 3. The number of amides is 1. The second-order valence-corrected chi connectivity index (χ2v) is 8.06. The molecule has 1 fully saturated rings. The average molecular weight is 486 g/mol. The molecular weight excluding hydrogens is 471 g/mol. The van der Waals surface area contributed by atoms with Crippen LogP contribution < -0.4 is 10.1 Å². The quantitative estimate of drug-likeness (QED) is 0.409. The first kappa shape index (κ1) is 20.6. The fourth-order valence-corrected chi connectivity index (χ4v) is 4.07. The SMILES string of the molecule is N=C(NC(=O)c1cc(Br)ccc1OCC(=O)O)C1(c2c(Cl)cccc2Cl)CC1. The Labute approximate surface area is 179 Å². The summed E-state index contributed by atoms with van der Waals surface area (Å²) < 4.78 is 5.80. The molecule has 3 N–H and O–H groups in total. The molecule has 1 amide bonds. The van der Waals surface area contributed by atoms with Crippen LogP contribution in [-0.2, 0) is 10.2 Å². The molecule has 1 aliphatic rings. The molecular formula is C19H15BrCl2N2O4. The number of carbonyl (C=O) groups is 2. The number of nitrogens with one attached hydrogen (secondary N) is 2. The molecule has 3 rings (SSSR count). The molecule has 1 saturated carbocycles. The highest BCUT2D eigenvalue weighted by Gasteiger charge is 2.51. The van der Waals surface area contributed by atoms with E-state index >= 15 is 0 Å². The van der Waals surface area contributed by atoms with Gasteiger partial charge in [0.2, 0.25) is 0 Å². The second kappa shape index (κ2) is 8.11. The molecule has 2 aromatic rings. The normalized spacial score (nSPS) is 14.2. The van der Waals surface area contributed by atoms with E-state index in [0.717, 1.165) is 0 Å². The van der Waals surface area contributed by atoms with Gasteiger partial charge in [0.15, 0.2) is 6.61 Å². The molecule has 0 bridgehead atoms. The molecule has 9 heteroatoms. The monoisotopic (exact) mass is 484 g/mol. The number of carboxylic acid groups (broad SMARTS) is 1. The van der Waals surface area contributed by atoms with E-state index in [4.69, 9.17) is 38.5 Å². The largest absolute Gasteiger partial charge is 0.481 e. The third-order valence-corrected chi connectivity index (χ3v) is 5.57. The Morgan fingerprint density at radius 3 is 2.43 bits per heavy atom. The summed E-state index contributed by atoms with van der Waals surface area (Å²) in [5, 5.41) is 20.7. The summed E-state index contributed by atoms with van der Waals surface area (Å²) in [6.45, 7) is -0.585. The molecule has 28 heavy (non-hydrogen) atoms. The highest BCUT2D eigenvalue weighted by Crippen LogP contribution is 2.53. The summed E-state index contributed by atoms with van der Waals surface area (Å²) in [6.07, 6.45) is 1.27. The molecule has 0 aliphatic heterocycles. The number of carbonyl (C=O) groups excluding carboxylic acids is 1. The number of rotatable bonds is 6. The lowest BCUT2D eigenvalue weighted by Crippen LogP contribution is -2.38. The Balaban J connectivity index is 1.85. The zero-order valence-corrected chi connectivity index (χ0v) is 17.5. The van der Waals surface area contributed by atoms with Gasteiger partial charge in [0.05, 0.1) is 11.0 Å². The Morgan fingerprint density at radius 2 is 1.86 bits per heavy atom. The van der Waals surface area contributed by atoms with Crippen molar-refractivity contribution in [1.82, 2.24) is 5.32 Å². The van der Waals surface area contributed by atoms with Crippen molar-refractivity contribution in [2.24, 2.45) is 0 Å². The molecule has 0 aromatic heterocycles. The smallest absolute Gasteiger partial charge is 0.341 e. The van der Waals surface area contributed by atoms with Gasteiger partial charge >= 0.3 is 5.97 Å². The molecule has 0 radical (unpaired) electrons. The van der Waals surface area contributed by atoms with Gasteiger partial charge in [-0.05, 0) is 43.2 Å². The van der Waals surface area contributed by atoms with E-state index in [9.17, 15) is 9.59 Å². The van der Waals surface area contributed by atoms with Crippen LogP contribution in [0.1, 0.15) is 28.8 Å². The van der Waals surface area contributed by atoms with Gasteiger partial charge in [-0.1, -0.05) is 45.2 Å². The molecule has 0 spiro atoms. The first-order valence-corrected chi connectivity index (χ1v) is 9.78. The van der Waals surface area contributed by atoms with Crippen molar-refractivity contribution in [3.63, 3.8) is 0 Å². The minimum atomic E-state index is -1.16. The van der Waals surface area contributed by atoms with Crippen molar-refractivity contribution >= 4 is 56.8 Å². The van der Waals surface area contributed by atoms with Gasteiger partial charge in [-0.2, -0.15) is 0 Å². The fraction of sp³-hybridized carbons (Fsp3) is 0.211. The molecule has 2 aromatic carbocycles. The molecule has 0 heterocycles. The maximum Gasteiger partial charge on any atom is 0.341 e. The van der Waals surface area contributed by atoms with Crippen molar-refractivity contribution in [2.45, 2.75) is 18.3 Å². The Morgan fingerprint density at radius 1 is 1.21 bits per heavy atom. The van der Waals surface area contributed by atoms with Gasteiger partial charge in [0, 0.05) is 20.1 Å². The molecule has 6 nitrogen and oxygen atoms in total. The molecule has 1 aliphatic carbocycles. The van der Waals surface area contributed by atoms with Crippen molar-refractivity contribution in [1.29, 1.82) is 5.41 Å². The lowest BCUT2D eigenvalue weighted by Gasteiger charge is -2.21. The Hall–Kier alpha value is -2.09. The third-order valence-electron chi connectivity index (χ3n) is 4.45. The summed E-state index contributed by atoms with van der Waals surface area (Å²) in [4.78, 5) is 23.5. The first-order chi connectivity index (χ1) is 13.2. The highest BCUT2D eigenvalue weighted by atomic mass is 79.9.